The minimum Gasteiger partial charge on any atom is -0.334 e. The molecule has 0 aliphatic heterocycles. The van der Waals surface area contributed by atoms with Gasteiger partial charge in [-0.1, -0.05) is 42.1 Å². The number of thiophene rings is 1. The predicted molar refractivity (Wildman–Crippen MR) is 112 cm³/mol. The van der Waals surface area contributed by atoms with Gasteiger partial charge in [0.2, 0.25) is 5.91 Å². The first-order chi connectivity index (χ1) is 13.5. The number of fused-ring (bicyclic) bond motifs is 1. The third-order valence-electron chi connectivity index (χ3n) is 4.03. The minimum absolute atomic E-state index is 0.113. The predicted octanol–water partition coefficient (Wildman–Crippen LogP) is 2.98. The highest BCUT2D eigenvalue weighted by atomic mass is 32.2. The molecule has 9 heteroatoms. The number of imide groups is 1. The third kappa shape index (κ3) is 4.60. The second-order valence-corrected chi connectivity index (χ2v) is 8.22. The van der Waals surface area contributed by atoms with Gasteiger partial charge in [-0.3, -0.25) is 19.5 Å². The molecule has 0 aliphatic carbocycles. The SMILES string of the molecule is CCn1c(SC(C)C(=O)NC(=O)NCc2ccccc2)nc2ccsc2c1=O. The van der Waals surface area contributed by atoms with Gasteiger partial charge in [0.25, 0.3) is 5.56 Å². The van der Waals surface area contributed by atoms with E-state index in [0.717, 1.165) is 17.3 Å². The van der Waals surface area contributed by atoms with Gasteiger partial charge in [0.15, 0.2) is 5.16 Å². The van der Waals surface area contributed by atoms with E-state index < -0.39 is 17.2 Å². The number of amides is 3. The van der Waals surface area contributed by atoms with Crippen LogP contribution in [0.3, 0.4) is 0 Å². The van der Waals surface area contributed by atoms with Gasteiger partial charge in [0, 0.05) is 13.1 Å². The molecule has 3 aromatic rings. The van der Waals surface area contributed by atoms with Crippen molar-refractivity contribution >= 4 is 45.3 Å². The highest BCUT2D eigenvalue weighted by Gasteiger charge is 2.21. The first-order valence-corrected chi connectivity index (χ1v) is 10.5. The van der Waals surface area contributed by atoms with Crippen LogP contribution < -0.4 is 16.2 Å². The smallest absolute Gasteiger partial charge is 0.321 e. The van der Waals surface area contributed by atoms with Gasteiger partial charge in [-0.15, -0.1) is 11.3 Å². The molecule has 7 nitrogen and oxygen atoms in total. The lowest BCUT2D eigenvalue weighted by Crippen LogP contribution is -2.42. The number of rotatable bonds is 6. The molecule has 3 amide bonds. The first-order valence-electron chi connectivity index (χ1n) is 8.77. The molecule has 0 aliphatic rings. The van der Waals surface area contributed by atoms with Crippen LogP contribution in [0.25, 0.3) is 10.2 Å². The summed E-state index contributed by atoms with van der Waals surface area (Å²) in [5.41, 5.74) is 1.45. The molecule has 1 atom stereocenters. The number of nitrogens with zero attached hydrogens (tertiary/aromatic N) is 2. The summed E-state index contributed by atoms with van der Waals surface area (Å²) in [5.74, 6) is -0.446. The number of aromatic nitrogens is 2. The average molecular weight is 417 g/mol. The molecule has 28 heavy (non-hydrogen) atoms. The van der Waals surface area contributed by atoms with Crippen LogP contribution in [0.2, 0.25) is 0 Å². The third-order valence-corrected chi connectivity index (χ3v) is 6.01. The van der Waals surface area contributed by atoms with Crippen molar-refractivity contribution in [1.82, 2.24) is 20.2 Å². The number of benzene rings is 1. The van der Waals surface area contributed by atoms with Crippen LogP contribution in [-0.2, 0) is 17.9 Å². The van der Waals surface area contributed by atoms with Crippen LogP contribution in [0, 0.1) is 0 Å². The van der Waals surface area contributed by atoms with E-state index in [-0.39, 0.29) is 5.56 Å². The Balaban J connectivity index is 1.63. The number of hydrogen-bond donors (Lipinski definition) is 2. The van der Waals surface area contributed by atoms with Gasteiger partial charge in [-0.2, -0.15) is 0 Å². The maximum absolute atomic E-state index is 12.5. The van der Waals surface area contributed by atoms with E-state index in [1.165, 1.54) is 11.3 Å². The van der Waals surface area contributed by atoms with Gasteiger partial charge in [-0.05, 0) is 30.9 Å². The molecule has 0 bridgehead atoms. The highest BCUT2D eigenvalue weighted by Crippen LogP contribution is 2.24. The van der Waals surface area contributed by atoms with Crippen LogP contribution in [0.5, 0.6) is 0 Å². The summed E-state index contributed by atoms with van der Waals surface area (Å²) in [6.07, 6.45) is 0. The Morgan fingerprint density at radius 1 is 1.25 bits per heavy atom. The molecular weight excluding hydrogens is 396 g/mol. The van der Waals surface area contributed by atoms with Crippen molar-refractivity contribution in [3.8, 4) is 0 Å². The Hall–Kier alpha value is -2.65. The molecule has 2 aromatic heterocycles. The normalized spacial score (nSPS) is 11.9. The number of hydrogen-bond acceptors (Lipinski definition) is 6. The number of nitrogens with one attached hydrogen (secondary N) is 2. The molecule has 1 aromatic carbocycles. The molecule has 0 fully saturated rings. The number of thioether (sulfide) groups is 1. The monoisotopic (exact) mass is 416 g/mol. The summed E-state index contributed by atoms with van der Waals surface area (Å²) in [6, 6.07) is 10.6. The zero-order valence-electron chi connectivity index (χ0n) is 15.5. The standard InChI is InChI=1S/C19H20N4O3S2/c1-3-23-17(25)15-14(9-10-27-15)21-19(23)28-12(2)16(24)22-18(26)20-11-13-7-5-4-6-8-13/h4-10,12H,3,11H2,1-2H3,(H2,20,22,24,26). The van der Waals surface area contributed by atoms with E-state index >= 15 is 0 Å². The molecule has 2 N–H and O–H groups in total. The summed E-state index contributed by atoms with van der Waals surface area (Å²) in [4.78, 5) is 41.4. The largest absolute Gasteiger partial charge is 0.334 e. The van der Waals surface area contributed by atoms with Gasteiger partial charge < -0.3 is 5.32 Å². The van der Waals surface area contributed by atoms with Crippen molar-refractivity contribution in [3.63, 3.8) is 0 Å². The Labute approximate surface area is 170 Å². The first kappa shape index (κ1) is 20.1. The maximum atomic E-state index is 12.5. The number of carbonyl (C=O) groups excluding carboxylic acids is 2. The average Bonchev–Trinajstić information content (AvgIpc) is 3.16. The Morgan fingerprint density at radius 2 is 2.00 bits per heavy atom. The fraction of sp³-hybridized carbons (Fsp3) is 0.263. The van der Waals surface area contributed by atoms with Gasteiger partial charge >= 0.3 is 6.03 Å². The lowest BCUT2D eigenvalue weighted by molar-refractivity contribution is -0.119. The molecule has 0 spiro atoms. The lowest BCUT2D eigenvalue weighted by atomic mass is 10.2. The maximum Gasteiger partial charge on any atom is 0.321 e. The molecule has 2 heterocycles. The quantitative estimate of drug-likeness (QED) is 0.476. The summed E-state index contributed by atoms with van der Waals surface area (Å²) < 4.78 is 2.14. The number of urea groups is 1. The molecule has 1 unspecified atom stereocenters. The lowest BCUT2D eigenvalue weighted by Gasteiger charge is -2.14. The van der Waals surface area contributed by atoms with Gasteiger partial charge in [0.1, 0.15) is 4.70 Å². The fourth-order valence-corrected chi connectivity index (χ4v) is 4.29. The fourth-order valence-electron chi connectivity index (χ4n) is 2.54. The van der Waals surface area contributed by atoms with E-state index in [0.29, 0.717) is 28.5 Å². The van der Waals surface area contributed by atoms with E-state index in [1.807, 2.05) is 42.6 Å². The van der Waals surface area contributed by atoms with Gasteiger partial charge in [0.05, 0.1) is 10.8 Å². The van der Waals surface area contributed by atoms with Crippen LogP contribution in [0.15, 0.2) is 51.7 Å². The molecule has 0 saturated carbocycles. The van der Waals surface area contributed by atoms with Crippen molar-refractivity contribution in [2.75, 3.05) is 0 Å². The molecular formula is C19H20N4O3S2. The zero-order valence-corrected chi connectivity index (χ0v) is 17.1. The van der Waals surface area contributed by atoms with Crippen LogP contribution >= 0.6 is 23.1 Å². The van der Waals surface area contributed by atoms with Crippen LogP contribution in [0.4, 0.5) is 4.79 Å². The highest BCUT2D eigenvalue weighted by molar-refractivity contribution is 8.00. The van der Waals surface area contributed by atoms with Crippen LogP contribution in [-0.4, -0.2) is 26.7 Å². The molecule has 3 rings (SSSR count). The van der Waals surface area contributed by atoms with Crippen molar-refractivity contribution < 1.29 is 9.59 Å². The summed E-state index contributed by atoms with van der Waals surface area (Å²) in [6.45, 7) is 4.31. The number of carbonyl (C=O) groups is 2. The second kappa shape index (κ2) is 9.03. The van der Waals surface area contributed by atoms with Crippen molar-refractivity contribution in [1.29, 1.82) is 0 Å². The summed E-state index contributed by atoms with van der Waals surface area (Å²) in [5, 5.41) is 6.67. The van der Waals surface area contributed by atoms with Gasteiger partial charge in [-0.25, -0.2) is 9.78 Å². The van der Waals surface area contributed by atoms with E-state index in [4.69, 9.17) is 0 Å². The van der Waals surface area contributed by atoms with Crippen molar-refractivity contribution in [3.05, 3.63) is 57.7 Å². The summed E-state index contributed by atoms with van der Waals surface area (Å²) >= 11 is 2.51. The zero-order chi connectivity index (χ0) is 20.1. The Morgan fingerprint density at radius 3 is 2.71 bits per heavy atom. The van der Waals surface area contributed by atoms with E-state index in [1.54, 1.807) is 17.6 Å². The minimum atomic E-state index is -0.594. The Kier molecular flexibility index (Phi) is 6.48. The van der Waals surface area contributed by atoms with Crippen LogP contribution in [0.1, 0.15) is 19.4 Å². The van der Waals surface area contributed by atoms with Crippen molar-refractivity contribution in [2.45, 2.75) is 37.3 Å². The molecule has 146 valence electrons. The van der Waals surface area contributed by atoms with E-state index in [2.05, 4.69) is 15.6 Å². The molecule has 0 radical (unpaired) electrons. The van der Waals surface area contributed by atoms with E-state index in [9.17, 15) is 14.4 Å². The van der Waals surface area contributed by atoms with Crippen molar-refractivity contribution in [2.24, 2.45) is 0 Å². The topological polar surface area (TPSA) is 93.1 Å². The second-order valence-electron chi connectivity index (χ2n) is 6.00. The molecule has 0 saturated heterocycles. The summed E-state index contributed by atoms with van der Waals surface area (Å²) in [7, 11) is 0. The Bertz CT molecular complexity index is 1050.